The van der Waals surface area contributed by atoms with Crippen molar-refractivity contribution in [3.05, 3.63) is 18.5 Å². The first kappa shape index (κ1) is 8.07. The Bertz CT molecular complexity index is 218. The van der Waals surface area contributed by atoms with Crippen LogP contribution in [-0.2, 0) is 0 Å². The standard InChI is InChI=1S/C7H11N3S/c1-2-9-7(11)10-6-3-4-8-5-6/h3-5,8H,2H2,1H3,(H2,9,10,11). The lowest BCUT2D eigenvalue weighted by atomic mass is 10.5. The van der Waals surface area contributed by atoms with E-state index in [-0.39, 0.29) is 0 Å². The summed E-state index contributed by atoms with van der Waals surface area (Å²) in [7, 11) is 0. The summed E-state index contributed by atoms with van der Waals surface area (Å²) in [4.78, 5) is 2.93. The molecule has 3 N–H and O–H groups in total. The van der Waals surface area contributed by atoms with Crippen molar-refractivity contribution in [3.63, 3.8) is 0 Å². The number of rotatable bonds is 2. The quantitative estimate of drug-likeness (QED) is 0.585. The van der Waals surface area contributed by atoms with Crippen LogP contribution in [0.2, 0.25) is 0 Å². The smallest absolute Gasteiger partial charge is 0.170 e. The summed E-state index contributed by atoms with van der Waals surface area (Å²) in [5.74, 6) is 0. The third-order valence-electron chi connectivity index (χ3n) is 1.19. The van der Waals surface area contributed by atoms with Gasteiger partial charge in [-0.25, -0.2) is 0 Å². The van der Waals surface area contributed by atoms with E-state index >= 15 is 0 Å². The molecule has 1 heterocycles. The van der Waals surface area contributed by atoms with Gasteiger partial charge in [0.05, 0.1) is 5.69 Å². The van der Waals surface area contributed by atoms with Gasteiger partial charge in [0.25, 0.3) is 0 Å². The zero-order valence-corrected chi connectivity index (χ0v) is 7.16. The number of hydrogen-bond donors (Lipinski definition) is 3. The van der Waals surface area contributed by atoms with Crippen LogP contribution in [0.4, 0.5) is 5.69 Å². The van der Waals surface area contributed by atoms with Gasteiger partial charge in [-0.05, 0) is 25.2 Å². The van der Waals surface area contributed by atoms with Gasteiger partial charge in [-0.15, -0.1) is 0 Å². The fourth-order valence-electron chi connectivity index (χ4n) is 0.737. The highest BCUT2D eigenvalue weighted by atomic mass is 32.1. The van der Waals surface area contributed by atoms with E-state index < -0.39 is 0 Å². The van der Waals surface area contributed by atoms with Crippen molar-refractivity contribution in [3.8, 4) is 0 Å². The Morgan fingerprint density at radius 2 is 2.55 bits per heavy atom. The second kappa shape index (κ2) is 3.98. The monoisotopic (exact) mass is 169 g/mol. The number of thiocarbonyl (C=S) groups is 1. The zero-order valence-electron chi connectivity index (χ0n) is 6.35. The molecule has 1 aromatic heterocycles. The van der Waals surface area contributed by atoms with Crippen LogP contribution >= 0.6 is 12.2 Å². The van der Waals surface area contributed by atoms with E-state index in [0.717, 1.165) is 12.2 Å². The first-order valence-corrected chi connectivity index (χ1v) is 3.91. The van der Waals surface area contributed by atoms with E-state index in [4.69, 9.17) is 12.2 Å². The SMILES string of the molecule is CCNC(=S)Nc1cc[nH]c1. The van der Waals surface area contributed by atoms with Crippen LogP contribution in [0.3, 0.4) is 0 Å². The van der Waals surface area contributed by atoms with Gasteiger partial charge in [-0.1, -0.05) is 0 Å². The molecule has 4 heteroatoms. The van der Waals surface area contributed by atoms with Crippen LogP contribution < -0.4 is 10.6 Å². The highest BCUT2D eigenvalue weighted by Crippen LogP contribution is 2.02. The Labute approximate surface area is 71.2 Å². The molecule has 0 radical (unpaired) electrons. The minimum Gasteiger partial charge on any atom is -0.366 e. The van der Waals surface area contributed by atoms with Gasteiger partial charge >= 0.3 is 0 Å². The number of H-pyrrole nitrogens is 1. The summed E-state index contributed by atoms with van der Waals surface area (Å²) in [6, 6.07) is 1.92. The van der Waals surface area contributed by atoms with Crippen molar-refractivity contribution in [2.24, 2.45) is 0 Å². The first-order chi connectivity index (χ1) is 5.33. The lowest BCUT2D eigenvalue weighted by molar-refractivity contribution is 0.979. The normalized spacial score (nSPS) is 9.18. The molecular formula is C7H11N3S. The average Bonchev–Trinajstić information content (AvgIpc) is 2.40. The molecule has 0 aliphatic heterocycles. The highest BCUT2D eigenvalue weighted by molar-refractivity contribution is 7.80. The molecule has 0 aliphatic rings. The molecule has 11 heavy (non-hydrogen) atoms. The molecule has 1 rings (SSSR count). The maximum absolute atomic E-state index is 4.97. The molecule has 0 saturated heterocycles. The lowest BCUT2D eigenvalue weighted by Crippen LogP contribution is -2.27. The van der Waals surface area contributed by atoms with E-state index in [1.165, 1.54) is 0 Å². The second-order valence-electron chi connectivity index (χ2n) is 2.08. The second-order valence-corrected chi connectivity index (χ2v) is 2.49. The van der Waals surface area contributed by atoms with Crippen molar-refractivity contribution in [1.82, 2.24) is 10.3 Å². The minimum absolute atomic E-state index is 0.659. The summed E-state index contributed by atoms with van der Waals surface area (Å²) in [6.07, 6.45) is 3.69. The fourth-order valence-corrected chi connectivity index (χ4v) is 1.000. The van der Waals surface area contributed by atoms with Crippen LogP contribution in [0.5, 0.6) is 0 Å². The Hall–Kier alpha value is -1.03. The van der Waals surface area contributed by atoms with Crippen molar-refractivity contribution in [1.29, 1.82) is 0 Å². The van der Waals surface area contributed by atoms with Crippen LogP contribution in [0.25, 0.3) is 0 Å². The van der Waals surface area contributed by atoms with Gasteiger partial charge in [0.2, 0.25) is 0 Å². The van der Waals surface area contributed by atoms with Crippen molar-refractivity contribution in [2.75, 3.05) is 11.9 Å². The molecule has 3 nitrogen and oxygen atoms in total. The van der Waals surface area contributed by atoms with Gasteiger partial charge in [-0.2, -0.15) is 0 Å². The van der Waals surface area contributed by atoms with Gasteiger partial charge < -0.3 is 15.6 Å². The van der Waals surface area contributed by atoms with Gasteiger partial charge in [0, 0.05) is 18.9 Å². The number of hydrogen-bond acceptors (Lipinski definition) is 1. The Balaban J connectivity index is 2.37. The number of anilines is 1. The Kier molecular flexibility index (Phi) is 2.92. The van der Waals surface area contributed by atoms with Crippen LogP contribution in [0.1, 0.15) is 6.92 Å². The largest absolute Gasteiger partial charge is 0.366 e. The van der Waals surface area contributed by atoms with E-state index in [2.05, 4.69) is 15.6 Å². The van der Waals surface area contributed by atoms with Crippen molar-refractivity contribution < 1.29 is 0 Å². The molecule has 0 amide bonds. The maximum atomic E-state index is 4.97. The third-order valence-corrected chi connectivity index (χ3v) is 1.44. The van der Waals surface area contributed by atoms with Crippen LogP contribution in [-0.4, -0.2) is 16.6 Å². The molecule has 1 aromatic rings. The molecule has 0 aliphatic carbocycles. The highest BCUT2D eigenvalue weighted by Gasteiger charge is 1.93. The lowest BCUT2D eigenvalue weighted by Gasteiger charge is -2.05. The number of aromatic nitrogens is 1. The predicted octanol–water partition coefficient (Wildman–Crippen LogP) is 1.32. The van der Waals surface area contributed by atoms with Crippen LogP contribution in [0, 0.1) is 0 Å². The molecular weight excluding hydrogens is 158 g/mol. The Morgan fingerprint density at radius 1 is 1.73 bits per heavy atom. The summed E-state index contributed by atoms with van der Waals surface area (Å²) in [5, 5.41) is 6.66. The summed E-state index contributed by atoms with van der Waals surface area (Å²) >= 11 is 4.97. The first-order valence-electron chi connectivity index (χ1n) is 3.50. The molecule has 0 spiro atoms. The molecule has 0 saturated carbocycles. The summed E-state index contributed by atoms with van der Waals surface area (Å²) < 4.78 is 0. The van der Waals surface area contributed by atoms with E-state index in [0.29, 0.717) is 5.11 Å². The van der Waals surface area contributed by atoms with E-state index in [1.54, 1.807) is 0 Å². The van der Waals surface area contributed by atoms with E-state index in [9.17, 15) is 0 Å². The Morgan fingerprint density at radius 3 is 3.09 bits per heavy atom. The van der Waals surface area contributed by atoms with Gasteiger partial charge in [0.1, 0.15) is 0 Å². The van der Waals surface area contributed by atoms with Gasteiger partial charge in [-0.3, -0.25) is 0 Å². The minimum atomic E-state index is 0.659. The molecule has 0 bridgehead atoms. The molecule has 0 fully saturated rings. The zero-order chi connectivity index (χ0) is 8.10. The predicted molar refractivity (Wildman–Crippen MR) is 50.7 cm³/mol. The average molecular weight is 169 g/mol. The molecule has 0 aromatic carbocycles. The molecule has 0 unspecified atom stereocenters. The van der Waals surface area contributed by atoms with Crippen molar-refractivity contribution >= 4 is 23.0 Å². The maximum Gasteiger partial charge on any atom is 0.170 e. The topological polar surface area (TPSA) is 39.8 Å². The summed E-state index contributed by atoms with van der Waals surface area (Å²) in [5.41, 5.74) is 0.982. The molecule has 60 valence electrons. The molecule has 0 atom stereocenters. The third kappa shape index (κ3) is 2.59. The van der Waals surface area contributed by atoms with Crippen LogP contribution in [0.15, 0.2) is 18.5 Å². The summed E-state index contributed by atoms with van der Waals surface area (Å²) in [6.45, 7) is 2.85. The number of aromatic amines is 1. The van der Waals surface area contributed by atoms with Gasteiger partial charge in [0.15, 0.2) is 5.11 Å². The fraction of sp³-hybridized carbons (Fsp3) is 0.286. The van der Waals surface area contributed by atoms with E-state index in [1.807, 2.05) is 25.4 Å². The van der Waals surface area contributed by atoms with Crippen molar-refractivity contribution in [2.45, 2.75) is 6.92 Å². The number of nitrogens with one attached hydrogen (secondary N) is 3.